The van der Waals surface area contributed by atoms with E-state index < -0.39 is 5.41 Å². The van der Waals surface area contributed by atoms with E-state index in [4.69, 9.17) is 4.74 Å². The van der Waals surface area contributed by atoms with E-state index in [1.807, 2.05) is 62.4 Å². The molecule has 0 fully saturated rings. The maximum absolute atomic E-state index is 12.6. The lowest BCUT2D eigenvalue weighted by atomic mass is 9.85. The normalized spacial score (nSPS) is 20.2. The van der Waals surface area contributed by atoms with E-state index in [0.717, 1.165) is 16.7 Å². The lowest BCUT2D eigenvalue weighted by molar-refractivity contribution is -0.138. The third-order valence-electron chi connectivity index (χ3n) is 3.79. The third-order valence-corrected chi connectivity index (χ3v) is 3.79. The van der Waals surface area contributed by atoms with E-state index >= 15 is 0 Å². The molecule has 100 valence electrons. The highest BCUT2D eigenvalue weighted by molar-refractivity contribution is 5.94. The Morgan fingerprint density at radius 3 is 2.40 bits per heavy atom. The molecule has 2 heteroatoms. The summed E-state index contributed by atoms with van der Waals surface area (Å²) in [4.78, 5) is 12.6. The SMILES string of the molecule is CC1=CC(C)(C(=O)Oc2ccccc2)c2ccccc21. The van der Waals surface area contributed by atoms with Crippen LogP contribution in [0.4, 0.5) is 0 Å². The van der Waals surface area contributed by atoms with Gasteiger partial charge < -0.3 is 4.74 Å². The van der Waals surface area contributed by atoms with Crippen molar-refractivity contribution in [2.75, 3.05) is 0 Å². The standard InChI is InChI=1S/C18H16O2/c1-13-12-18(2,16-11-7-6-10-15(13)16)17(19)20-14-8-4-3-5-9-14/h3-12H,1-2H3. The summed E-state index contributed by atoms with van der Waals surface area (Å²) in [6.07, 6.45) is 1.99. The molecule has 1 aliphatic rings. The van der Waals surface area contributed by atoms with Gasteiger partial charge in [0.25, 0.3) is 0 Å². The van der Waals surface area contributed by atoms with Crippen molar-refractivity contribution in [3.8, 4) is 5.75 Å². The fourth-order valence-corrected chi connectivity index (χ4v) is 2.74. The maximum Gasteiger partial charge on any atom is 0.325 e. The highest BCUT2D eigenvalue weighted by Crippen LogP contribution is 2.41. The highest BCUT2D eigenvalue weighted by atomic mass is 16.5. The number of carbonyl (C=O) groups is 1. The van der Waals surface area contributed by atoms with Crippen LogP contribution in [0.1, 0.15) is 25.0 Å². The van der Waals surface area contributed by atoms with Crippen molar-refractivity contribution in [1.82, 2.24) is 0 Å². The largest absolute Gasteiger partial charge is 0.426 e. The number of rotatable bonds is 2. The fourth-order valence-electron chi connectivity index (χ4n) is 2.74. The Bertz CT molecular complexity index is 686. The molecule has 0 bridgehead atoms. The summed E-state index contributed by atoms with van der Waals surface area (Å²) in [6, 6.07) is 17.2. The van der Waals surface area contributed by atoms with Crippen LogP contribution in [0.5, 0.6) is 5.75 Å². The fraction of sp³-hybridized carbons (Fsp3) is 0.167. The van der Waals surface area contributed by atoms with Crippen LogP contribution < -0.4 is 4.74 Å². The van der Waals surface area contributed by atoms with Gasteiger partial charge in [-0.3, -0.25) is 4.79 Å². The number of fused-ring (bicyclic) bond motifs is 1. The second-order valence-electron chi connectivity index (χ2n) is 5.28. The Labute approximate surface area is 118 Å². The van der Waals surface area contributed by atoms with Gasteiger partial charge in [-0.2, -0.15) is 0 Å². The van der Waals surface area contributed by atoms with Gasteiger partial charge in [0, 0.05) is 0 Å². The van der Waals surface area contributed by atoms with Crippen molar-refractivity contribution < 1.29 is 9.53 Å². The van der Waals surface area contributed by atoms with Crippen LogP contribution >= 0.6 is 0 Å². The first kappa shape index (κ1) is 12.7. The lowest BCUT2D eigenvalue weighted by Gasteiger charge is -2.21. The predicted molar refractivity (Wildman–Crippen MR) is 79.5 cm³/mol. The van der Waals surface area contributed by atoms with Gasteiger partial charge >= 0.3 is 5.97 Å². The molecule has 2 aromatic rings. The Hall–Kier alpha value is -2.35. The van der Waals surface area contributed by atoms with Gasteiger partial charge in [-0.25, -0.2) is 0 Å². The molecule has 1 unspecified atom stereocenters. The molecule has 0 saturated carbocycles. The summed E-state index contributed by atoms with van der Waals surface area (Å²) in [5.41, 5.74) is 2.54. The van der Waals surface area contributed by atoms with E-state index in [0.29, 0.717) is 5.75 Å². The molecular weight excluding hydrogens is 248 g/mol. The topological polar surface area (TPSA) is 26.3 Å². The number of para-hydroxylation sites is 1. The number of carbonyl (C=O) groups excluding carboxylic acids is 1. The highest BCUT2D eigenvalue weighted by Gasteiger charge is 2.40. The van der Waals surface area contributed by atoms with Gasteiger partial charge in [-0.05, 0) is 42.7 Å². The first-order valence-electron chi connectivity index (χ1n) is 6.68. The Morgan fingerprint density at radius 2 is 1.65 bits per heavy atom. The van der Waals surface area contributed by atoms with Crippen molar-refractivity contribution >= 4 is 11.5 Å². The van der Waals surface area contributed by atoms with E-state index in [9.17, 15) is 4.79 Å². The number of hydrogen-bond donors (Lipinski definition) is 0. The minimum absolute atomic E-state index is 0.243. The summed E-state index contributed by atoms with van der Waals surface area (Å²) in [7, 11) is 0. The molecule has 0 radical (unpaired) electrons. The molecule has 1 aliphatic carbocycles. The van der Waals surface area contributed by atoms with Crippen molar-refractivity contribution in [2.24, 2.45) is 0 Å². The van der Waals surface area contributed by atoms with Crippen LogP contribution in [0.3, 0.4) is 0 Å². The van der Waals surface area contributed by atoms with Crippen LogP contribution in [0.2, 0.25) is 0 Å². The average molecular weight is 264 g/mol. The lowest BCUT2D eigenvalue weighted by Crippen LogP contribution is -2.33. The zero-order valence-corrected chi connectivity index (χ0v) is 11.6. The maximum atomic E-state index is 12.6. The monoisotopic (exact) mass is 264 g/mol. The van der Waals surface area contributed by atoms with Crippen LogP contribution in [0, 0.1) is 0 Å². The summed E-state index contributed by atoms with van der Waals surface area (Å²) < 4.78 is 5.52. The van der Waals surface area contributed by atoms with Crippen LogP contribution in [-0.2, 0) is 10.2 Å². The Balaban J connectivity index is 1.96. The molecule has 0 heterocycles. The molecule has 0 N–H and O–H groups in total. The van der Waals surface area contributed by atoms with Gasteiger partial charge in [0.2, 0.25) is 0 Å². The Kier molecular flexibility index (Phi) is 2.94. The molecule has 0 saturated heterocycles. The molecule has 2 aromatic carbocycles. The minimum atomic E-state index is -0.712. The van der Waals surface area contributed by atoms with Crippen LogP contribution in [0.15, 0.2) is 60.7 Å². The quantitative estimate of drug-likeness (QED) is 0.606. The number of esters is 1. The molecule has 0 aliphatic heterocycles. The second-order valence-corrected chi connectivity index (χ2v) is 5.28. The molecule has 3 rings (SSSR count). The zero-order chi connectivity index (χ0) is 14.2. The third kappa shape index (κ3) is 1.94. The predicted octanol–water partition coefficient (Wildman–Crippen LogP) is 3.97. The first-order chi connectivity index (χ1) is 9.61. The summed E-state index contributed by atoms with van der Waals surface area (Å²) in [5.74, 6) is 0.335. The summed E-state index contributed by atoms with van der Waals surface area (Å²) >= 11 is 0. The molecule has 1 atom stereocenters. The van der Waals surface area contributed by atoms with Crippen molar-refractivity contribution in [1.29, 1.82) is 0 Å². The van der Waals surface area contributed by atoms with E-state index in [1.165, 1.54) is 0 Å². The average Bonchev–Trinajstić information content (AvgIpc) is 2.74. The summed E-state index contributed by atoms with van der Waals surface area (Å²) in [6.45, 7) is 3.94. The van der Waals surface area contributed by atoms with Gasteiger partial charge in [0.05, 0.1) is 0 Å². The molecule has 0 spiro atoms. The first-order valence-corrected chi connectivity index (χ1v) is 6.68. The Morgan fingerprint density at radius 1 is 1.00 bits per heavy atom. The van der Waals surface area contributed by atoms with Crippen molar-refractivity contribution in [3.63, 3.8) is 0 Å². The van der Waals surface area contributed by atoms with Crippen LogP contribution in [-0.4, -0.2) is 5.97 Å². The molecule has 20 heavy (non-hydrogen) atoms. The molecule has 2 nitrogen and oxygen atoms in total. The van der Waals surface area contributed by atoms with Gasteiger partial charge in [-0.15, -0.1) is 0 Å². The molecular formula is C18H16O2. The summed E-state index contributed by atoms with van der Waals surface area (Å²) in [5, 5.41) is 0. The number of hydrogen-bond acceptors (Lipinski definition) is 2. The van der Waals surface area contributed by atoms with Crippen molar-refractivity contribution in [3.05, 3.63) is 71.8 Å². The van der Waals surface area contributed by atoms with E-state index in [-0.39, 0.29) is 5.97 Å². The van der Waals surface area contributed by atoms with Gasteiger partial charge in [0.15, 0.2) is 0 Å². The smallest absolute Gasteiger partial charge is 0.325 e. The van der Waals surface area contributed by atoms with Crippen LogP contribution in [0.25, 0.3) is 5.57 Å². The van der Waals surface area contributed by atoms with E-state index in [2.05, 4.69) is 0 Å². The molecule has 0 amide bonds. The number of ether oxygens (including phenoxy) is 1. The number of allylic oxidation sites excluding steroid dienone is 1. The molecule has 0 aromatic heterocycles. The minimum Gasteiger partial charge on any atom is -0.426 e. The van der Waals surface area contributed by atoms with Gasteiger partial charge in [-0.1, -0.05) is 48.5 Å². The van der Waals surface area contributed by atoms with E-state index in [1.54, 1.807) is 12.1 Å². The number of benzene rings is 2. The van der Waals surface area contributed by atoms with Crippen molar-refractivity contribution in [2.45, 2.75) is 19.3 Å². The van der Waals surface area contributed by atoms with Gasteiger partial charge in [0.1, 0.15) is 11.2 Å². The second kappa shape index (κ2) is 4.64. The zero-order valence-electron chi connectivity index (χ0n) is 11.6.